The Morgan fingerprint density at radius 1 is 1.42 bits per heavy atom. The first-order valence-corrected chi connectivity index (χ1v) is 7.70. The Balaban J connectivity index is 2.87. The molecule has 0 fully saturated rings. The third-order valence-electron chi connectivity index (χ3n) is 2.32. The summed E-state index contributed by atoms with van der Waals surface area (Å²) in [7, 11) is -3.35. The van der Waals surface area contributed by atoms with E-state index in [1.165, 1.54) is 0 Å². The molecule has 6 nitrogen and oxygen atoms in total. The van der Waals surface area contributed by atoms with Crippen LogP contribution in [0.3, 0.4) is 0 Å². The van der Waals surface area contributed by atoms with Gasteiger partial charge in [-0.3, -0.25) is 9.52 Å². The van der Waals surface area contributed by atoms with Crippen molar-refractivity contribution in [3.8, 4) is 0 Å². The van der Waals surface area contributed by atoms with E-state index >= 15 is 0 Å². The minimum Gasteiger partial charge on any atom is -0.327 e. The van der Waals surface area contributed by atoms with E-state index in [-0.39, 0.29) is 18.4 Å². The minimum absolute atomic E-state index is 0.204. The van der Waals surface area contributed by atoms with Crippen LogP contribution >= 0.6 is 0 Å². The number of nitrogens with one attached hydrogen (secondary N) is 2. The quantitative estimate of drug-likeness (QED) is 0.752. The van der Waals surface area contributed by atoms with Crippen molar-refractivity contribution in [3.05, 3.63) is 23.8 Å². The summed E-state index contributed by atoms with van der Waals surface area (Å²) in [5.41, 5.74) is 7.28. The van der Waals surface area contributed by atoms with Crippen molar-refractivity contribution in [1.29, 1.82) is 0 Å². The van der Waals surface area contributed by atoms with Gasteiger partial charge in [0.05, 0.1) is 11.9 Å². The number of hydrogen-bond acceptors (Lipinski definition) is 4. The zero-order chi connectivity index (χ0) is 14.6. The molecule has 7 heteroatoms. The van der Waals surface area contributed by atoms with Crippen LogP contribution in [0.5, 0.6) is 0 Å². The number of carbonyl (C=O) groups is 1. The molecule has 19 heavy (non-hydrogen) atoms. The van der Waals surface area contributed by atoms with Crippen LogP contribution in [0.15, 0.2) is 18.2 Å². The first-order chi connectivity index (χ1) is 8.67. The summed E-state index contributed by atoms with van der Waals surface area (Å²) in [6, 6.07) is 4.80. The number of benzene rings is 1. The van der Waals surface area contributed by atoms with Crippen molar-refractivity contribution in [3.63, 3.8) is 0 Å². The summed E-state index contributed by atoms with van der Waals surface area (Å²) in [6.45, 7) is 3.52. The van der Waals surface area contributed by atoms with Crippen molar-refractivity contribution in [2.45, 2.75) is 26.3 Å². The zero-order valence-electron chi connectivity index (χ0n) is 11.2. The predicted molar refractivity (Wildman–Crippen MR) is 76.5 cm³/mol. The van der Waals surface area contributed by atoms with Gasteiger partial charge in [0.2, 0.25) is 15.9 Å². The molecule has 0 heterocycles. The molecule has 0 radical (unpaired) electrons. The third-order valence-corrected chi connectivity index (χ3v) is 2.91. The maximum absolute atomic E-state index is 11.6. The largest absolute Gasteiger partial charge is 0.327 e. The van der Waals surface area contributed by atoms with Crippen LogP contribution in [0.2, 0.25) is 0 Å². The first kappa shape index (κ1) is 15.5. The topological polar surface area (TPSA) is 101 Å². The van der Waals surface area contributed by atoms with Gasteiger partial charge in [-0.25, -0.2) is 8.42 Å². The number of hydrogen-bond donors (Lipinski definition) is 3. The van der Waals surface area contributed by atoms with Gasteiger partial charge in [-0.2, -0.15) is 0 Å². The van der Waals surface area contributed by atoms with Gasteiger partial charge >= 0.3 is 0 Å². The maximum atomic E-state index is 11.6. The summed E-state index contributed by atoms with van der Waals surface area (Å²) in [5, 5.41) is 2.67. The number of amides is 1. The summed E-state index contributed by atoms with van der Waals surface area (Å²) in [6.07, 6.45) is 1.29. The highest BCUT2D eigenvalue weighted by Gasteiger charge is 2.09. The standard InChI is InChI=1S/C12H19N3O3S/c1-8-4-5-10(14-12(16)6-9(2)13)7-11(8)15-19(3,17)18/h4-5,7,9,15H,6,13H2,1-3H3,(H,14,16). The molecule has 0 aliphatic heterocycles. The number of sulfonamides is 1. The fraction of sp³-hybridized carbons (Fsp3) is 0.417. The second kappa shape index (κ2) is 6.03. The molecule has 0 aliphatic rings. The van der Waals surface area contributed by atoms with Crippen molar-refractivity contribution in [2.75, 3.05) is 16.3 Å². The average molecular weight is 285 g/mol. The van der Waals surface area contributed by atoms with E-state index in [1.807, 2.05) is 0 Å². The lowest BCUT2D eigenvalue weighted by Crippen LogP contribution is -2.24. The van der Waals surface area contributed by atoms with Crippen molar-refractivity contribution in [1.82, 2.24) is 0 Å². The lowest BCUT2D eigenvalue weighted by Gasteiger charge is -2.11. The molecular formula is C12H19N3O3S. The van der Waals surface area contributed by atoms with E-state index in [4.69, 9.17) is 5.73 Å². The number of aryl methyl sites for hydroxylation is 1. The monoisotopic (exact) mass is 285 g/mol. The van der Waals surface area contributed by atoms with E-state index in [2.05, 4.69) is 10.0 Å². The Morgan fingerprint density at radius 2 is 2.05 bits per heavy atom. The lowest BCUT2D eigenvalue weighted by atomic mass is 10.2. The Morgan fingerprint density at radius 3 is 2.58 bits per heavy atom. The van der Waals surface area contributed by atoms with E-state index in [9.17, 15) is 13.2 Å². The average Bonchev–Trinajstić information content (AvgIpc) is 2.19. The van der Waals surface area contributed by atoms with Gasteiger partial charge in [-0.15, -0.1) is 0 Å². The van der Waals surface area contributed by atoms with Gasteiger partial charge in [0.1, 0.15) is 0 Å². The highest BCUT2D eigenvalue weighted by Crippen LogP contribution is 2.21. The molecule has 1 atom stereocenters. The highest BCUT2D eigenvalue weighted by atomic mass is 32.2. The second-order valence-electron chi connectivity index (χ2n) is 4.63. The van der Waals surface area contributed by atoms with Crippen molar-refractivity contribution >= 4 is 27.3 Å². The normalized spacial score (nSPS) is 12.8. The number of anilines is 2. The lowest BCUT2D eigenvalue weighted by molar-refractivity contribution is -0.116. The minimum atomic E-state index is -3.35. The third kappa shape index (κ3) is 5.71. The molecule has 1 aromatic rings. The molecule has 1 amide bonds. The molecular weight excluding hydrogens is 266 g/mol. The smallest absolute Gasteiger partial charge is 0.229 e. The van der Waals surface area contributed by atoms with Gasteiger partial charge < -0.3 is 11.1 Å². The molecule has 1 rings (SSSR count). The molecule has 0 saturated heterocycles. The second-order valence-corrected chi connectivity index (χ2v) is 6.38. The van der Waals surface area contributed by atoms with Crippen LogP contribution in [0.1, 0.15) is 18.9 Å². The molecule has 0 saturated carbocycles. The van der Waals surface area contributed by atoms with Gasteiger partial charge in [-0.05, 0) is 31.5 Å². The fourth-order valence-electron chi connectivity index (χ4n) is 1.51. The van der Waals surface area contributed by atoms with Crippen LogP contribution < -0.4 is 15.8 Å². The molecule has 0 aliphatic carbocycles. The van der Waals surface area contributed by atoms with E-state index in [0.29, 0.717) is 11.4 Å². The van der Waals surface area contributed by atoms with E-state index < -0.39 is 10.0 Å². The Labute approximate surface area is 113 Å². The Bertz CT molecular complexity index is 568. The fourth-order valence-corrected chi connectivity index (χ4v) is 2.13. The Kier molecular flexibility index (Phi) is 4.90. The van der Waals surface area contributed by atoms with Crippen molar-refractivity contribution in [2.24, 2.45) is 5.73 Å². The van der Waals surface area contributed by atoms with Gasteiger partial charge in [-0.1, -0.05) is 6.07 Å². The first-order valence-electron chi connectivity index (χ1n) is 5.81. The van der Waals surface area contributed by atoms with Gasteiger partial charge in [0.15, 0.2) is 0 Å². The number of rotatable bonds is 5. The van der Waals surface area contributed by atoms with Crippen LogP contribution in [0, 0.1) is 6.92 Å². The predicted octanol–water partition coefficient (Wildman–Crippen LogP) is 1.04. The van der Waals surface area contributed by atoms with E-state index in [0.717, 1.165) is 11.8 Å². The molecule has 4 N–H and O–H groups in total. The van der Waals surface area contributed by atoms with Gasteiger partial charge in [0.25, 0.3) is 0 Å². The van der Waals surface area contributed by atoms with Crippen LogP contribution in [-0.2, 0) is 14.8 Å². The zero-order valence-corrected chi connectivity index (χ0v) is 12.0. The van der Waals surface area contributed by atoms with Crippen LogP contribution in [-0.4, -0.2) is 26.6 Å². The summed E-state index contributed by atoms with van der Waals surface area (Å²) in [5.74, 6) is -0.204. The molecule has 1 aromatic carbocycles. The molecule has 0 bridgehead atoms. The summed E-state index contributed by atoms with van der Waals surface area (Å²) in [4.78, 5) is 11.6. The molecule has 0 spiro atoms. The molecule has 106 valence electrons. The summed E-state index contributed by atoms with van der Waals surface area (Å²) < 4.78 is 24.8. The highest BCUT2D eigenvalue weighted by molar-refractivity contribution is 7.92. The van der Waals surface area contributed by atoms with Gasteiger partial charge in [0, 0.05) is 18.2 Å². The SMILES string of the molecule is Cc1ccc(NC(=O)CC(C)N)cc1NS(C)(=O)=O. The number of carbonyl (C=O) groups excluding carboxylic acids is 1. The maximum Gasteiger partial charge on any atom is 0.229 e. The molecule has 1 unspecified atom stereocenters. The number of nitrogens with two attached hydrogens (primary N) is 1. The van der Waals surface area contributed by atoms with E-state index in [1.54, 1.807) is 32.0 Å². The molecule has 0 aromatic heterocycles. The van der Waals surface area contributed by atoms with Crippen LogP contribution in [0.25, 0.3) is 0 Å². The Hall–Kier alpha value is -1.60. The van der Waals surface area contributed by atoms with Crippen molar-refractivity contribution < 1.29 is 13.2 Å². The summed E-state index contributed by atoms with van der Waals surface area (Å²) >= 11 is 0. The van der Waals surface area contributed by atoms with Crippen LogP contribution in [0.4, 0.5) is 11.4 Å².